The first kappa shape index (κ1) is 8.27. The largest absolute Gasteiger partial charge is 0.395 e. The summed E-state index contributed by atoms with van der Waals surface area (Å²) in [5, 5.41) is 11.9. The van der Waals surface area contributed by atoms with Crippen LogP contribution in [0.3, 0.4) is 0 Å². The van der Waals surface area contributed by atoms with Gasteiger partial charge >= 0.3 is 0 Å². The number of allylic oxidation sites excluding steroid dienone is 2. The summed E-state index contributed by atoms with van der Waals surface area (Å²) in [4.78, 5) is 0. The Labute approximate surface area is 73.7 Å². The van der Waals surface area contributed by atoms with Crippen molar-refractivity contribution in [3.8, 4) is 0 Å². The second-order valence-corrected chi connectivity index (χ2v) is 3.97. The second kappa shape index (κ2) is 3.58. The average Bonchev–Trinajstić information content (AvgIpc) is 2.65. The molecule has 0 aromatic carbocycles. The minimum Gasteiger partial charge on any atom is -0.395 e. The molecule has 2 aliphatic carbocycles. The topological polar surface area (TPSA) is 32.3 Å². The van der Waals surface area contributed by atoms with Crippen LogP contribution in [-0.4, -0.2) is 24.8 Å². The first-order valence-electron chi connectivity index (χ1n) is 4.90. The van der Waals surface area contributed by atoms with Gasteiger partial charge in [-0.25, -0.2) is 0 Å². The Kier molecular flexibility index (Phi) is 2.47. The van der Waals surface area contributed by atoms with E-state index in [0.717, 1.165) is 30.8 Å². The van der Waals surface area contributed by atoms with Crippen molar-refractivity contribution in [3.05, 3.63) is 12.2 Å². The third-order valence-electron chi connectivity index (χ3n) is 3.11. The van der Waals surface area contributed by atoms with Crippen molar-refractivity contribution in [2.45, 2.75) is 12.8 Å². The Morgan fingerprint density at radius 2 is 2.25 bits per heavy atom. The maximum absolute atomic E-state index is 8.60. The lowest BCUT2D eigenvalue weighted by Crippen LogP contribution is -2.27. The van der Waals surface area contributed by atoms with Crippen LogP contribution < -0.4 is 5.32 Å². The summed E-state index contributed by atoms with van der Waals surface area (Å²) in [6, 6.07) is 0. The lowest BCUT2D eigenvalue weighted by Gasteiger charge is -2.17. The molecule has 1 saturated carbocycles. The molecule has 1 fully saturated rings. The molecule has 0 unspecified atom stereocenters. The summed E-state index contributed by atoms with van der Waals surface area (Å²) < 4.78 is 0. The van der Waals surface area contributed by atoms with Crippen molar-refractivity contribution < 1.29 is 5.11 Å². The highest BCUT2D eigenvalue weighted by molar-refractivity contribution is 5.10. The molecule has 0 heterocycles. The highest BCUT2D eigenvalue weighted by Crippen LogP contribution is 2.42. The summed E-state index contributed by atoms with van der Waals surface area (Å²) in [7, 11) is 0. The summed E-state index contributed by atoms with van der Waals surface area (Å²) in [6.07, 6.45) is 7.48. The molecule has 0 radical (unpaired) electrons. The molecule has 2 rings (SSSR count). The van der Waals surface area contributed by atoms with Gasteiger partial charge in [0.15, 0.2) is 0 Å². The van der Waals surface area contributed by atoms with Gasteiger partial charge in [0, 0.05) is 6.54 Å². The van der Waals surface area contributed by atoms with E-state index < -0.39 is 0 Å². The fourth-order valence-electron chi connectivity index (χ4n) is 2.50. The molecule has 0 aromatic heterocycles. The first-order chi connectivity index (χ1) is 5.90. The summed E-state index contributed by atoms with van der Waals surface area (Å²) in [6.45, 7) is 2.10. The van der Waals surface area contributed by atoms with Crippen LogP contribution in [-0.2, 0) is 0 Å². The Bertz CT molecular complexity index is 179. The van der Waals surface area contributed by atoms with Crippen LogP contribution in [0.1, 0.15) is 12.8 Å². The van der Waals surface area contributed by atoms with Gasteiger partial charge in [0.1, 0.15) is 0 Å². The molecule has 0 aliphatic heterocycles. The SMILES string of the molecule is OCCNC[C@H]1C[C@H]2C=C[C@@H]1C2. The number of hydrogen-bond acceptors (Lipinski definition) is 2. The lowest BCUT2D eigenvalue weighted by molar-refractivity contribution is 0.284. The zero-order valence-corrected chi connectivity index (χ0v) is 7.37. The van der Waals surface area contributed by atoms with E-state index >= 15 is 0 Å². The predicted octanol–water partition coefficient (Wildman–Crippen LogP) is 0.780. The maximum atomic E-state index is 8.60. The van der Waals surface area contributed by atoms with Crippen LogP contribution in [0, 0.1) is 17.8 Å². The maximum Gasteiger partial charge on any atom is 0.0555 e. The Balaban J connectivity index is 1.73. The van der Waals surface area contributed by atoms with E-state index in [1.54, 1.807) is 0 Å². The van der Waals surface area contributed by atoms with E-state index in [2.05, 4.69) is 17.5 Å². The van der Waals surface area contributed by atoms with E-state index in [0.29, 0.717) is 0 Å². The summed E-state index contributed by atoms with van der Waals surface area (Å²) in [5.74, 6) is 2.55. The highest BCUT2D eigenvalue weighted by atomic mass is 16.3. The molecule has 0 spiro atoms. The molecule has 2 aliphatic rings. The Hall–Kier alpha value is -0.340. The molecule has 68 valence electrons. The van der Waals surface area contributed by atoms with Crippen molar-refractivity contribution in [2.24, 2.45) is 17.8 Å². The summed E-state index contributed by atoms with van der Waals surface area (Å²) >= 11 is 0. The van der Waals surface area contributed by atoms with E-state index in [-0.39, 0.29) is 6.61 Å². The van der Waals surface area contributed by atoms with Crippen molar-refractivity contribution in [1.82, 2.24) is 5.32 Å². The highest BCUT2D eigenvalue weighted by Gasteiger charge is 2.34. The molecule has 2 bridgehead atoms. The molecule has 3 atom stereocenters. The fraction of sp³-hybridized carbons (Fsp3) is 0.800. The first-order valence-corrected chi connectivity index (χ1v) is 4.90. The molecular formula is C10H17NO. The lowest BCUT2D eigenvalue weighted by atomic mass is 9.94. The zero-order chi connectivity index (χ0) is 8.39. The van der Waals surface area contributed by atoms with Crippen LogP contribution in [0.5, 0.6) is 0 Å². The third-order valence-corrected chi connectivity index (χ3v) is 3.11. The molecule has 2 heteroatoms. The molecule has 0 amide bonds. The molecule has 12 heavy (non-hydrogen) atoms. The quantitative estimate of drug-likeness (QED) is 0.479. The van der Waals surface area contributed by atoms with Crippen LogP contribution in [0.2, 0.25) is 0 Å². The smallest absolute Gasteiger partial charge is 0.0555 e. The van der Waals surface area contributed by atoms with Gasteiger partial charge in [-0.3, -0.25) is 0 Å². The van der Waals surface area contributed by atoms with Crippen molar-refractivity contribution in [2.75, 3.05) is 19.7 Å². The molecule has 2 nitrogen and oxygen atoms in total. The van der Waals surface area contributed by atoms with Crippen LogP contribution in [0.15, 0.2) is 12.2 Å². The van der Waals surface area contributed by atoms with Gasteiger partial charge in [-0.1, -0.05) is 12.2 Å². The Morgan fingerprint density at radius 1 is 1.33 bits per heavy atom. The van der Waals surface area contributed by atoms with Gasteiger partial charge in [-0.05, 0) is 37.1 Å². The summed E-state index contributed by atoms with van der Waals surface area (Å²) in [5.41, 5.74) is 0. The van der Waals surface area contributed by atoms with Crippen LogP contribution in [0.25, 0.3) is 0 Å². The second-order valence-electron chi connectivity index (χ2n) is 3.97. The van der Waals surface area contributed by atoms with E-state index in [1.165, 1.54) is 12.8 Å². The number of rotatable bonds is 4. The van der Waals surface area contributed by atoms with Gasteiger partial charge in [-0.2, -0.15) is 0 Å². The minimum absolute atomic E-state index is 0.261. The van der Waals surface area contributed by atoms with Crippen LogP contribution >= 0.6 is 0 Å². The zero-order valence-electron chi connectivity index (χ0n) is 7.37. The normalized spacial score (nSPS) is 37.9. The molecule has 0 saturated heterocycles. The van der Waals surface area contributed by atoms with Gasteiger partial charge in [-0.15, -0.1) is 0 Å². The average molecular weight is 167 g/mol. The monoisotopic (exact) mass is 167 g/mol. The van der Waals surface area contributed by atoms with Crippen molar-refractivity contribution in [3.63, 3.8) is 0 Å². The van der Waals surface area contributed by atoms with E-state index in [1.807, 2.05) is 0 Å². The number of hydrogen-bond donors (Lipinski definition) is 2. The predicted molar refractivity (Wildman–Crippen MR) is 48.8 cm³/mol. The number of aliphatic hydroxyl groups is 1. The van der Waals surface area contributed by atoms with Gasteiger partial charge < -0.3 is 10.4 Å². The standard InChI is InChI=1S/C10H17NO/c12-4-3-11-7-10-6-8-1-2-9(10)5-8/h1-2,8-12H,3-7H2/t8-,9+,10+/m0/s1. The molecular weight excluding hydrogens is 150 g/mol. The molecule has 2 N–H and O–H groups in total. The number of aliphatic hydroxyl groups excluding tert-OH is 1. The molecule has 0 aromatic rings. The van der Waals surface area contributed by atoms with Gasteiger partial charge in [0.25, 0.3) is 0 Å². The fourth-order valence-corrected chi connectivity index (χ4v) is 2.50. The minimum atomic E-state index is 0.261. The van der Waals surface area contributed by atoms with Crippen molar-refractivity contribution >= 4 is 0 Å². The van der Waals surface area contributed by atoms with Gasteiger partial charge in [0.2, 0.25) is 0 Å². The number of fused-ring (bicyclic) bond motifs is 2. The number of nitrogens with one attached hydrogen (secondary N) is 1. The van der Waals surface area contributed by atoms with Crippen LogP contribution in [0.4, 0.5) is 0 Å². The van der Waals surface area contributed by atoms with E-state index in [9.17, 15) is 0 Å². The third kappa shape index (κ3) is 1.54. The van der Waals surface area contributed by atoms with Crippen molar-refractivity contribution in [1.29, 1.82) is 0 Å². The van der Waals surface area contributed by atoms with Gasteiger partial charge in [0.05, 0.1) is 6.61 Å². The Morgan fingerprint density at radius 3 is 2.83 bits per heavy atom. The van der Waals surface area contributed by atoms with E-state index in [4.69, 9.17) is 5.11 Å².